The van der Waals surface area contributed by atoms with Crippen LogP contribution in [0.3, 0.4) is 0 Å². The number of rotatable bonds is 2. The van der Waals surface area contributed by atoms with Gasteiger partial charge in [-0.15, -0.1) is 0 Å². The molecule has 1 aromatic rings. The van der Waals surface area contributed by atoms with Crippen LogP contribution in [-0.4, -0.2) is 32.3 Å². The molecule has 0 radical (unpaired) electrons. The maximum atomic E-state index is 5.37. The molecule has 1 saturated heterocycles. The lowest BCUT2D eigenvalue weighted by atomic mass is 9.94. The fourth-order valence-corrected chi connectivity index (χ4v) is 3.87. The van der Waals surface area contributed by atoms with Crippen LogP contribution in [0.1, 0.15) is 25.7 Å². The first kappa shape index (κ1) is 13.3. The van der Waals surface area contributed by atoms with E-state index < -0.39 is 0 Å². The Morgan fingerprint density at radius 1 is 1.26 bits per heavy atom. The van der Waals surface area contributed by atoms with Crippen LogP contribution < -0.4 is 15.0 Å². The zero-order chi connectivity index (χ0) is 13.3. The number of hydrogen-bond donors (Lipinski definition) is 1. The second kappa shape index (κ2) is 5.33. The number of piperazine rings is 1. The molecule has 0 aromatic heterocycles. The summed E-state index contributed by atoms with van der Waals surface area (Å²) in [6, 6.07) is 6.34. The van der Waals surface area contributed by atoms with Crippen LogP contribution >= 0.6 is 15.9 Å². The van der Waals surface area contributed by atoms with Crippen molar-refractivity contribution in [2.45, 2.75) is 31.2 Å². The van der Waals surface area contributed by atoms with E-state index >= 15 is 0 Å². The Labute approximate surface area is 123 Å². The minimum Gasteiger partial charge on any atom is -0.497 e. The molecule has 2 aliphatic rings. The highest BCUT2D eigenvalue weighted by molar-refractivity contribution is 9.10. The number of hydrogen-bond acceptors (Lipinski definition) is 3. The van der Waals surface area contributed by atoms with Crippen LogP contribution in [0.2, 0.25) is 0 Å². The zero-order valence-electron chi connectivity index (χ0n) is 11.4. The molecule has 0 amide bonds. The minimum absolute atomic E-state index is 0.355. The van der Waals surface area contributed by atoms with Gasteiger partial charge in [-0.05, 0) is 25.0 Å². The highest BCUT2D eigenvalue weighted by atomic mass is 79.9. The molecule has 4 heteroatoms. The highest BCUT2D eigenvalue weighted by Crippen LogP contribution is 2.35. The Morgan fingerprint density at radius 3 is 2.79 bits per heavy atom. The minimum atomic E-state index is 0.355. The van der Waals surface area contributed by atoms with Gasteiger partial charge in [0.1, 0.15) is 5.75 Å². The van der Waals surface area contributed by atoms with Gasteiger partial charge in [0.05, 0.1) is 7.11 Å². The normalized spacial score (nSPS) is 21.9. The van der Waals surface area contributed by atoms with E-state index in [4.69, 9.17) is 4.74 Å². The number of benzene rings is 1. The first-order valence-electron chi connectivity index (χ1n) is 7.05. The van der Waals surface area contributed by atoms with Gasteiger partial charge in [-0.2, -0.15) is 0 Å². The highest BCUT2D eigenvalue weighted by Gasteiger charge is 2.37. The lowest BCUT2D eigenvalue weighted by molar-refractivity contribution is 0.303. The zero-order valence-corrected chi connectivity index (χ0v) is 13.0. The molecule has 1 aromatic carbocycles. The van der Waals surface area contributed by atoms with Crippen molar-refractivity contribution >= 4 is 21.6 Å². The quantitative estimate of drug-likeness (QED) is 0.904. The molecule has 0 bridgehead atoms. The third-order valence-electron chi connectivity index (χ3n) is 4.39. The smallest absolute Gasteiger partial charge is 0.122 e. The van der Waals surface area contributed by atoms with Crippen molar-refractivity contribution in [2.75, 3.05) is 31.6 Å². The number of anilines is 1. The second-order valence-electron chi connectivity index (χ2n) is 5.69. The van der Waals surface area contributed by atoms with Gasteiger partial charge in [0, 0.05) is 41.4 Å². The third kappa shape index (κ3) is 2.75. The van der Waals surface area contributed by atoms with Crippen LogP contribution in [0.5, 0.6) is 5.75 Å². The average molecular weight is 325 g/mol. The SMILES string of the molecule is COc1cc(Br)cc(N2CCNC3(CCCC3)C2)c1. The lowest BCUT2D eigenvalue weighted by Gasteiger charge is -2.42. The van der Waals surface area contributed by atoms with Crippen molar-refractivity contribution < 1.29 is 4.74 Å². The monoisotopic (exact) mass is 324 g/mol. The summed E-state index contributed by atoms with van der Waals surface area (Å²) in [5.74, 6) is 0.920. The molecule has 104 valence electrons. The summed E-state index contributed by atoms with van der Waals surface area (Å²) in [4.78, 5) is 2.50. The summed E-state index contributed by atoms with van der Waals surface area (Å²) in [6.45, 7) is 3.27. The lowest BCUT2D eigenvalue weighted by Crippen LogP contribution is -2.59. The summed E-state index contributed by atoms with van der Waals surface area (Å²) in [6.07, 6.45) is 5.36. The predicted octanol–water partition coefficient (Wildman–Crippen LogP) is 3.18. The van der Waals surface area contributed by atoms with Crippen molar-refractivity contribution in [3.05, 3.63) is 22.7 Å². The molecule has 2 fully saturated rings. The standard InChI is InChI=1S/C15H21BrN2O/c1-19-14-9-12(16)8-13(10-14)18-7-6-17-15(11-18)4-2-3-5-15/h8-10,17H,2-7,11H2,1H3. The molecule has 1 aliphatic carbocycles. The number of nitrogens with one attached hydrogen (secondary N) is 1. The molecule has 1 saturated carbocycles. The van der Waals surface area contributed by atoms with E-state index in [1.54, 1.807) is 7.11 Å². The Bertz CT molecular complexity index is 457. The molecule has 1 spiro atoms. The molecule has 19 heavy (non-hydrogen) atoms. The number of ether oxygens (including phenoxy) is 1. The van der Waals surface area contributed by atoms with Crippen molar-refractivity contribution in [1.82, 2.24) is 5.32 Å². The van der Waals surface area contributed by atoms with Gasteiger partial charge in [-0.25, -0.2) is 0 Å². The molecule has 1 aliphatic heterocycles. The Morgan fingerprint density at radius 2 is 2.05 bits per heavy atom. The van der Waals surface area contributed by atoms with Crippen LogP contribution in [0, 0.1) is 0 Å². The largest absolute Gasteiger partial charge is 0.497 e. The van der Waals surface area contributed by atoms with E-state index in [1.165, 1.54) is 31.4 Å². The maximum absolute atomic E-state index is 5.37. The van der Waals surface area contributed by atoms with E-state index in [2.05, 4.69) is 38.3 Å². The molecule has 1 heterocycles. The maximum Gasteiger partial charge on any atom is 0.122 e. The third-order valence-corrected chi connectivity index (χ3v) is 4.85. The van der Waals surface area contributed by atoms with Gasteiger partial charge in [0.25, 0.3) is 0 Å². The summed E-state index contributed by atoms with van der Waals surface area (Å²) >= 11 is 3.57. The Balaban J connectivity index is 1.83. The molecule has 0 unspecified atom stereocenters. The summed E-state index contributed by atoms with van der Waals surface area (Å²) in [5, 5.41) is 3.75. The number of nitrogens with zero attached hydrogens (tertiary/aromatic N) is 1. The molecule has 1 N–H and O–H groups in total. The molecule has 0 atom stereocenters. The summed E-state index contributed by atoms with van der Waals surface area (Å²) in [5.41, 5.74) is 1.62. The topological polar surface area (TPSA) is 24.5 Å². The van der Waals surface area contributed by atoms with Crippen LogP contribution in [0.4, 0.5) is 5.69 Å². The van der Waals surface area contributed by atoms with Crippen molar-refractivity contribution in [3.63, 3.8) is 0 Å². The van der Waals surface area contributed by atoms with Gasteiger partial charge >= 0.3 is 0 Å². The van der Waals surface area contributed by atoms with Gasteiger partial charge in [-0.3, -0.25) is 0 Å². The summed E-state index contributed by atoms with van der Waals surface area (Å²) in [7, 11) is 1.72. The van der Waals surface area contributed by atoms with Crippen LogP contribution in [-0.2, 0) is 0 Å². The molecule has 3 rings (SSSR count). The van der Waals surface area contributed by atoms with Gasteiger partial charge in [0.15, 0.2) is 0 Å². The molecule has 3 nitrogen and oxygen atoms in total. The van der Waals surface area contributed by atoms with Crippen LogP contribution in [0.25, 0.3) is 0 Å². The summed E-state index contributed by atoms with van der Waals surface area (Å²) < 4.78 is 6.46. The molecular weight excluding hydrogens is 304 g/mol. The van der Waals surface area contributed by atoms with Gasteiger partial charge in [0.2, 0.25) is 0 Å². The van der Waals surface area contributed by atoms with Gasteiger partial charge < -0.3 is 15.0 Å². The van der Waals surface area contributed by atoms with Crippen molar-refractivity contribution in [1.29, 1.82) is 0 Å². The average Bonchev–Trinajstić information content (AvgIpc) is 2.86. The van der Waals surface area contributed by atoms with E-state index in [1.807, 2.05) is 6.07 Å². The first-order valence-corrected chi connectivity index (χ1v) is 7.85. The van der Waals surface area contributed by atoms with Crippen molar-refractivity contribution in [2.24, 2.45) is 0 Å². The van der Waals surface area contributed by atoms with Crippen LogP contribution in [0.15, 0.2) is 22.7 Å². The Kier molecular flexibility index (Phi) is 3.72. The molecular formula is C15H21BrN2O. The fraction of sp³-hybridized carbons (Fsp3) is 0.600. The number of methoxy groups -OCH3 is 1. The van der Waals surface area contributed by atoms with E-state index in [9.17, 15) is 0 Å². The van der Waals surface area contributed by atoms with E-state index in [-0.39, 0.29) is 0 Å². The van der Waals surface area contributed by atoms with Crippen molar-refractivity contribution in [3.8, 4) is 5.75 Å². The van der Waals surface area contributed by atoms with E-state index in [0.717, 1.165) is 29.9 Å². The fourth-order valence-electron chi connectivity index (χ4n) is 3.41. The first-order chi connectivity index (χ1) is 9.21. The number of halogens is 1. The Hall–Kier alpha value is -0.740. The van der Waals surface area contributed by atoms with E-state index in [0.29, 0.717) is 5.54 Å². The predicted molar refractivity (Wildman–Crippen MR) is 82.1 cm³/mol. The van der Waals surface area contributed by atoms with Gasteiger partial charge in [-0.1, -0.05) is 28.8 Å². The second-order valence-corrected chi connectivity index (χ2v) is 6.60.